The van der Waals surface area contributed by atoms with Crippen molar-refractivity contribution in [2.24, 2.45) is 5.92 Å². The Balaban J connectivity index is 1.43. The van der Waals surface area contributed by atoms with Gasteiger partial charge in [-0.1, -0.05) is 54.5 Å². The van der Waals surface area contributed by atoms with E-state index >= 15 is 0 Å². The third kappa shape index (κ3) is 4.98. The van der Waals surface area contributed by atoms with Crippen molar-refractivity contribution in [3.8, 4) is 0 Å². The van der Waals surface area contributed by atoms with E-state index in [-0.39, 0.29) is 34.6 Å². The fourth-order valence-corrected chi connectivity index (χ4v) is 6.27. The van der Waals surface area contributed by atoms with Gasteiger partial charge in [-0.3, -0.25) is 14.2 Å². The van der Waals surface area contributed by atoms with E-state index in [1.54, 1.807) is 0 Å². The lowest BCUT2D eigenvalue weighted by Crippen LogP contribution is -2.36. The van der Waals surface area contributed by atoms with E-state index < -0.39 is 17.6 Å². The molecule has 2 aliphatic rings. The lowest BCUT2D eigenvalue weighted by molar-refractivity contribution is -0.148. The first-order chi connectivity index (χ1) is 16.8. The van der Waals surface area contributed by atoms with Crippen LogP contribution < -0.4 is 10.5 Å². The smallest absolute Gasteiger partial charge is 0.338 e. The highest BCUT2D eigenvalue weighted by Gasteiger charge is 2.39. The summed E-state index contributed by atoms with van der Waals surface area (Å²) in [5.41, 5.74) is 0.290. The van der Waals surface area contributed by atoms with Gasteiger partial charge >= 0.3 is 6.18 Å². The number of alkyl halides is 3. The van der Waals surface area contributed by atoms with Crippen molar-refractivity contribution >= 4 is 32.6 Å². The van der Waals surface area contributed by atoms with Crippen molar-refractivity contribution in [1.82, 2.24) is 14.5 Å². The molecule has 35 heavy (non-hydrogen) atoms. The molecule has 1 aliphatic carbocycles. The topological polar surface area (TPSA) is 68.1 Å². The van der Waals surface area contributed by atoms with Gasteiger partial charge in [0.2, 0.25) is 5.82 Å². The summed E-state index contributed by atoms with van der Waals surface area (Å²) in [6, 6.07) is 9.37. The number of carbonyl (C=O) groups excluding carboxylic acids is 1. The minimum atomic E-state index is -4.74. The summed E-state index contributed by atoms with van der Waals surface area (Å²) in [6.07, 6.45) is 1.27. The van der Waals surface area contributed by atoms with Crippen LogP contribution in [0.5, 0.6) is 0 Å². The molecule has 2 aromatic heterocycles. The lowest BCUT2D eigenvalue weighted by atomic mass is 10.0. The van der Waals surface area contributed by atoms with Crippen molar-refractivity contribution in [2.45, 2.75) is 70.1 Å². The first-order valence-corrected chi connectivity index (χ1v) is 12.9. The highest BCUT2D eigenvalue weighted by Crippen LogP contribution is 2.35. The van der Waals surface area contributed by atoms with Gasteiger partial charge in [0.25, 0.3) is 5.56 Å². The number of fused-ring (bicyclic) bond motifs is 1. The van der Waals surface area contributed by atoms with Gasteiger partial charge in [0.05, 0.1) is 6.04 Å². The summed E-state index contributed by atoms with van der Waals surface area (Å²) in [4.78, 5) is 36.3. The average Bonchev–Trinajstić information content (AvgIpc) is 3.59. The molecule has 1 aromatic carbocycles. The van der Waals surface area contributed by atoms with Gasteiger partial charge in [-0.2, -0.15) is 13.2 Å². The summed E-state index contributed by atoms with van der Waals surface area (Å²) in [5, 5.41) is 0.395. The van der Waals surface area contributed by atoms with Crippen LogP contribution in [0.15, 0.2) is 35.1 Å². The Kier molecular flexibility index (Phi) is 6.65. The van der Waals surface area contributed by atoms with E-state index in [4.69, 9.17) is 0 Å². The Morgan fingerprint density at radius 3 is 2.51 bits per heavy atom. The number of Topliss-reactive ketones (excluding diaryl/α,β-unsaturated/α-hetero) is 1. The molecule has 0 spiro atoms. The van der Waals surface area contributed by atoms with Gasteiger partial charge in [0, 0.05) is 19.5 Å². The molecule has 0 unspecified atom stereocenters. The monoisotopic (exact) mass is 504 g/mol. The SMILES string of the molecule is O=C(CCc1ccccc1)[C@H]1CCCN1c1nc2c(=O)n(CC3CCCC3)c(C(F)(F)F)nc2s1. The quantitative estimate of drug-likeness (QED) is 0.441. The third-order valence-electron chi connectivity index (χ3n) is 7.05. The molecule has 10 heteroatoms. The molecule has 1 aliphatic heterocycles. The van der Waals surface area contributed by atoms with Crippen LogP contribution in [0, 0.1) is 5.92 Å². The number of rotatable bonds is 7. The minimum absolute atomic E-state index is 0.00773. The van der Waals surface area contributed by atoms with Gasteiger partial charge in [-0.05, 0) is 43.6 Å². The fourth-order valence-electron chi connectivity index (χ4n) is 5.27. The maximum atomic E-state index is 13.8. The van der Waals surface area contributed by atoms with E-state index in [9.17, 15) is 22.8 Å². The number of halogens is 3. The number of thiazole rings is 1. The van der Waals surface area contributed by atoms with Gasteiger partial charge in [-0.25, -0.2) is 9.97 Å². The highest BCUT2D eigenvalue weighted by molar-refractivity contribution is 7.21. The number of ketones is 1. The zero-order valence-corrected chi connectivity index (χ0v) is 20.1. The summed E-state index contributed by atoms with van der Waals surface area (Å²) in [5.74, 6) is -1.04. The Labute approximate surface area is 204 Å². The molecule has 186 valence electrons. The number of aromatic nitrogens is 3. The van der Waals surface area contributed by atoms with Gasteiger partial charge in [-0.15, -0.1) is 0 Å². The van der Waals surface area contributed by atoms with Crippen molar-refractivity contribution in [1.29, 1.82) is 0 Å². The number of carbonyl (C=O) groups is 1. The molecule has 1 saturated heterocycles. The fraction of sp³-hybridized carbons (Fsp3) is 0.520. The van der Waals surface area contributed by atoms with Crippen molar-refractivity contribution in [2.75, 3.05) is 11.4 Å². The second-order valence-corrected chi connectivity index (χ2v) is 10.4. The van der Waals surface area contributed by atoms with Crippen LogP contribution in [-0.4, -0.2) is 32.9 Å². The molecule has 3 aromatic rings. The Hall–Kier alpha value is -2.75. The Bertz CT molecular complexity index is 1270. The number of benzene rings is 1. The molecule has 1 saturated carbocycles. The molecular formula is C25H27F3N4O2S. The molecule has 0 bridgehead atoms. The van der Waals surface area contributed by atoms with E-state index in [0.717, 1.165) is 53.6 Å². The first-order valence-electron chi connectivity index (χ1n) is 12.1. The summed E-state index contributed by atoms with van der Waals surface area (Å²) in [7, 11) is 0. The second-order valence-electron chi connectivity index (χ2n) is 9.45. The first kappa shape index (κ1) is 24.0. The minimum Gasteiger partial charge on any atom is -0.338 e. The predicted octanol–water partition coefficient (Wildman–Crippen LogP) is 5.23. The lowest BCUT2D eigenvalue weighted by Gasteiger charge is -2.22. The van der Waals surface area contributed by atoms with Crippen molar-refractivity contribution in [3.05, 3.63) is 52.1 Å². The molecule has 0 N–H and O–H groups in total. The largest absolute Gasteiger partial charge is 0.449 e. The van der Waals surface area contributed by atoms with Gasteiger partial charge in [0.1, 0.15) is 0 Å². The summed E-state index contributed by atoms with van der Waals surface area (Å²) >= 11 is 0.964. The van der Waals surface area contributed by atoms with E-state index in [1.165, 1.54) is 0 Å². The Morgan fingerprint density at radius 2 is 1.80 bits per heavy atom. The van der Waals surface area contributed by atoms with Gasteiger partial charge < -0.3 is 4.90 Å². The van der Waals surface area contributed by atoms with Crippen molar-refractivity contribution in [3.63, 3.8) is 0 Å². The van der Waals surface area contributed by atoms with E-state index in [1.807, 2.05) is 35.2 Å². The molecule has 1 atom stereocenters. The number of hydrogen-bond donors (Lipinski definition) is 0. The molecular weight excluding hydrogens is 477 g/mol. The van der Waals surface area contributed by atoms with E-state index in [0.29, 0.717) is 30.9 Å². The zero-order chi connectivity index (χ0) is 24.6. The van der Waals surface area contributed by atoms with Crippen LogP contribution in [0.3, 0.4) is 0 Å². The summed E-state index contributed by atoms with van der Waals surface area (Å²) < 4.78 is 42.3. The Morgan fingerprint density at radius 1 is 1.06 bits per heavy atom. The van der Waals surface area contributed by atoms with Crippen molar-refractivity contribution < 1.29 is 18.0 Å². The number of hydrogen-bond acceptors (Lipinski definition) is 6. The van der Waals surface area contributed by atoms with Crippen LogP contribution in [0.4, 0.5) is 18.3 Å². The average molecular weight is 505 g/mol. The second kappa shape index (κ2) is 9.72. The highest BCUT2D eigenvalue weighted by atomic mass is 32.1. The predicted molar refractivity (Wildman–Crippen MR) is 129 cm³/mol. The maximum Gasteiger partial charge on any atom is 0.449 e. The maximum absolute atomic E-state index is 13.8. The third-order valence-corrected chi connectivity index (χ3v) is 8.04. The van der Waals surface area contributed by atoms with Crippen LogP contribution >= 0.6 is 11.3 Å². The standard InChI is InChI=1S/C25H27F3N4O2S/c26-25(27,28)23-30-21-20(22(34)32(23)15-17-9-4-5-10-17)29-24(35-21)31-14-6-11-18(31)19(33)13-12-16-7-2-1-3-8-16/h1-3,7-8,17-18H,4-6,9-15H2/t18-/m1/s1. The van der Waals surface area contributed by atoms with Crippen LogP contribution in [0.1, 0.15) is 56.3 Å². The van der Waals surface area contributed by atoms with Gasteiger partial charge in [0.15, 0.2) is 21.3 Å². The normalized spacial score (nSPS) is 19.2. The number of nitrogens with zero attached hydrogens (tertiary/aromatic N) is 4. The number of anilines is 1. The van der Waals surface area contributed by atoms with E-state index in [2.05, 4.69) is 9.97 Å². The molecule has 6 nitrogen and oxygen atoms in total. The molecule has 2 fully saturated rings. The van der Waals surface area contributed by atoms with Crippen LogP contribution in [-0.2, 0) is 23.9 Å². The summed E-state index contributed by atoms with van der Waals surface area (Å²) in [6.45, 7) is 0.581. The zero-order valence-electron chi connectivity index (χ0n) is 19.3. The van der Waals surface area contributed by atoms with Crippen LogP contribution in [0.25, 0.3) is 10.3 Å². The number of aryl methyl sites for hydroxylation is 1. The molecule has 3 heterocycles. The van der Waals surface area contributed by atoms with Crippen LogP contribution in [0.2, 0.25) is 0 Å². The molecule has 0 radical (unpaired) electrons. The molecule has 5 rings (SSSR count). The molecule has 0 amide bonds.